The Hall–Kier alpha value is -0.0800. The third-order valence-electron chi connectivity index (χ3n) is 2.24. The average Bonchev–Trinajstić information content (AvgIpc) is 2.03. The molecule has 1 atom stereocenters. The van der Waals surface area contributed by atoms with Crippen molar-refractivity contribution in [1.29, 1.82) is 0 Å². The lowest BCUT2D eigenvalue weighted by atomic mass is 9.96. The van der Waals surface area contributed by atoms with Gasteiger partial charge in [-0.2, -0.15) is 0 Å². The summed E-state index contributed by atoms with van der Waals surface area (Å²) in [7, 11) is 2.02. The zero-order chi connectivity index (χ0) is 9.40. The van der Waals surface area contributed by atoms with Crippen LogP contribution in [0.3, 0.4) is 0 Å². The van der Waals surface area contributed by atoms with Gasteiger partial charge in [0.05, 0.1) is 0 Å². The molecule has 0 rings (SSSR count). The highest BCUT2D eigenvalue weighted by atomic mass is 14.9. The minimum absolute atomic E-state index is 0.765. The second-order valence-electron chi connectivity index (χ2n) is 3.77. The molecule has 0 aromatic carbocycles. The molecule has 0 aromatic rings. The van der Waals surface area contributed by atoms with Crippen LogP contribution in [0.15, 0.2) is 0 Å². The summed E-state index contributed by atoms with van der Waals surface area (Å²) in [6, 6.07) is 0. The van der Waals surface area contributed by atoms with Crippen LogP contribution in [0.4, 0.5) is 0 Å². The van der Waals surface area contributed by atoms with E-state index in [1.807, 2.05) is 7.05 Å². The summed E-state index contributed by atoms with van der Waals surface area (Å²) in [5.74, 6) is 1.53. The van der Waals surface area contributed by atoms with Crippen LogP contribution in [0.1, 0.15) is 27.2 Å². The molecule has 0 amide bonds. The number of rotatable bonds is 7. The zero-order valence-corrected chi connectivity index (χ0v) is 8.98. The largest absolute Gasteiger partial charge is 0.319 e. The predicted octanol–water partition coefficient (Wildman–Crippen LogP) is 1.48. The summed E-state index contributed by atoms with van der Waals surface area (Å²) in [5.41, 5.74) is 0. The minimum atomic E-state index is 0.765. The van der Waals surface area contributed by atoms with Gasteiger partial charge in [0.15, 0.2) is 0 Å². The van der Waals surface area contributed by atoms with Gasteiger partial charge in [0.2, 0.25) is 0 Å². The molecule has 0 heterocycles. The van der Waals surface area contributed by atoms with Crippen molar-refractivity contribution in [3.05, 3.63) is 0 Å². The van der Waals surface area contributed by atoms with Gasteiger partial charge in [-0.1, -0.05) is 20.8 Å². The van der Waals surface area contributed by atoms with E-state index in [-0.39, 0.29) is 0 Å². The lowest BCUT2D eigenvalue weighted by Crippen LogP contribution is -2.33. The van der Waals surface area contributed by atoms with Gasteiger partial charge in [0.1, 0.15) is 0 Å². The van der Waals surface area contributed by atoms with Crippen molar-refractivity contribution in [2.75, 3.05) is 26.7 Å². The molecular formula is C10H24N2. The molecule has 0 aliphatic rings. The fourth-order valence-corrected chi connectivity index (χ4v) is 1.27. The molecule has 0 spiro atoms. The number of hydrogen-bond donors (Lipinski definition) is 2. The van der Waals surface area contributed by atoms with E-state index in [1.165, 1.54) is 6.42 Å². The Balaban J connectivity index is 3.49. The van der Waals surface area contributed by atoms with E-state index in [4.69, 9.17) is 0 Å². The first-order valence-corrected chi connectivity index (χ1v) is 5.07. The average molecular weight is 172 g/mol. The summed E-state index contributed by atoms with van der Waals surface area (Å²) in [6.45, 7) is 10.2. The highest BCUT2D eigenvalue weighted by Gasteiger charge is 2.10. The molecule has 2 nitrogen and oxygen atoms in total. The van der Waals surface area contributed by atoms with E-state index < -0.39 is 0 Å². The molecular weight excluding hydrogens is 148 g/mol. The van der Waals surface area contributed by atoms with E-state index >= 15 is 0 Å². The molecule has 0 saturated heterocycles. The molecule has 0 radical (unpaired) electrons. The highest BCUT2D eigenvalue weighted by molar-refractivity contribution is 4.67. The van der Waals surface area contributed by atoms with Crippen LogP contribution in [0, 0.1) is 11.8 Å². The summed E-state index contributed by atoms with van der Waals surface area (Å²) in [4.78, 5) is 0. The van der Waals surface area contributed by atoms with Crippen molar-refractivity contribution >= 4 is 0 Å². The van der Waals surface area contributed by atoms with Crippen LogP contribution in [0.2, 0.25) is 0 Å². The maximum atomic E-state index is 3.46. The normalized spacial score (nSPS) is 13.8. The Morgan fingerprint density at radius 2 is 1.83 bits per heavy atom. The lowest BCUT2D eigenvalue weighted by Gasteiger charge is -2.20. The van der Waals surface area contributed by atoms with E-state index in [9.17, 15) is 0 Å². The molecule has 2 heteroatoms. The van der Waals surface area contributed by atoms with Gasteiger partial charge in [-0.05, 0) is 44.9 Å². The molecule has 0 aliphatic carbocycles. The van der Waals surface area contributed by atoms with Crippen molar-refractivity contribution in [3.63, 3.8) is 0 Å². The summed E-state index contributed by atoms with van der Waals surface area (Å²) >= 11 is 0. The summed E-state index contributed by atoms with van der Waals surface area (Å²) in [6.07, 6.45) is 1.23. The summed E-state index contributed by atoms with van der Waals surface area (Å²) < 4.78 is 0. The first-order valence-electron chi connectivity index (χ1n) is 5.07. The third kappa shape index (κ3) is 5.56. The van der Waals surface area contributed by atoms with Crippen molar-refractivity contribution in [2.24, 2.45) is 11.8 Å². The van der Waals surface area contributed by atoms with Gasteiger partial charge in [-0.3, -0.25) is 0 Å². The first-order chi connectivity index (χ1) is 5.72. The van der Waals surface area contributed by atoms with E-state index in [2.05, 4.69) is 31.4 Å². The first kappa shape index (κ1) is 11.9. The Morgan fingerprint density at radius 1 is 1.17 bits per heavy atom. The number of nitrogens with one attached hydrogen (secondary N) is 2. The van der Waals surface area contributed by atoms with Gasteiger partial charge < -0.3 is 10.6 Å². The topological polar surface area (TPSA) is 24.1 Å². The van der Waals surface area contributed by atoms with E-state index in [0.717, 1.165) is 31.5 Å². The highest BCUT2D eigenvalue weighted by Crippen LogP contribution is 2.07. The smallest absolute Gasteiger partial charge is 0.000593 e. The van der Waals surface area contributed by atoms with Gasteiger partial charge in [0, 0.05) is 0 Å². The van der Waals surface area contributed by atoms with Gasteiger partial charge in [-0.15, -0.1) is 0 Å². The second-order valence-corrected chi connectivity index (χ2v) is 3.77. The number of hydrogen-bond acceptors (Lipinski definition) is 2. The minimum Gasteiger partial charge on any atom is -0.319 e. The van der Waals surface area contributed by atoms with E-state index in [1.54, 1.807) is 0 Å². The third-order valence-corrected chi connectivity index (χ3v) is 2.24. The zero-order valence-electron chi connectivity index (χ0n) is 8.98. The summed E-state index contributed by atoms with van der Waals surface area (Å²) in [5, 5.41) is 6.70. The Labute approximate surface area is 77.1 Å². The van der Waals surface area contributed by atoms with Gasteiger partial charge in [0.25, 0.3) is 0 Å². The molecule has 74 valence electrons. The Morgan fingerprint density at radius 3 is 2.25 bits per heavy atom. The molecule has 0 bridgehead atoms. The van der Waals surface area contributed by atoms with Crippen molar-refractivity contribution in [1.82, 2.24) is 10.6 Å². The molecule has 0 saturated carbocycles. The maximum Gasteiger partial charge on any atom is -0.000593 e. The van der Waals surface area contributed by atoms with Crippen molar-refractivity contribution in [2.45, 2.75) is 27.2 Å². The standard InChI is InChI=1S/C10H24N2/c1-5-6-12-8-10(7-11-4)9(2)3/h9-12H,5-8H2,1-4H3. The van der Waals surface area contributed by atoms with Crippen LogP contribution < -0.4 is 10.6 Å². The van der Waals surface area contributed by atoms with Crippen LogP contribution >= 0.6 is 0 Å². The van der Waals surface area contributed by atoms with Crippen LogP contribution in [0.5, 0.6) is 0 Å². The maximum absolute atomic E-state index is 3.46. The van der Waals surface area contributed by atoms with E-state index in [0.29, 0.717) is 0 Å². The fourth-order valence-electron chi connectivity index (χ4n) is 1.27. The molecule has 0 aliphatic heterocycles. The van der Waals surface area contributed by atoms with Crippen molar-refractivity contribution < 1.29 is 0 Å². The van der Waals surface area contributed by atoms with Crippen LogP contribution in [-0.2, 0) is 0 Å². The predicted molar refractivity (Wildman–Crippen MR) is 55.4 cm³/mol. The molecule has 2 N–H and O–H groups in total. The van der Waals surface area contributed by atoms with Crippen LogP contribution in [0.25, 0.3) is 0 Å². The molecule has 0 fully saturated rings. The van der Waals surface area contributed by atoms with Gasteiger partial charge >= 0.3 is 0 Å². The molecule has 1 unspecified atom stereocenters. The monoisotopic (exact) mass is 172 g/mol. The quantitative estimate of drug-likeness (QED) is 0.568. The lowest BCUT2D eigenvalue weighted by molar-refractivity contribution is 0.353. The molecule has 0 aromatic heterocycles. The molecule has 12 heavy (non-hydrogen) atoms. The fraction of sp³-hybridized carbons (Fsp3) is 1.00. The Kier molecular flexibility index (Phi) is 7.51. The van der Waals surface area contributed by atoms with Crippen LogP contribution in [-0.4, -0.2) is 26.7 Å². The SMILES string of the molecule is CCCNCC(CNC)C(C)C. The second kappa shape index (κ2) is 7.56. The van der Waals surface area contributed by atoms with Crippen molar-refractivity contribution in [3.8, 4) is 0 Å². The Bertz CT molecular complexity index is 91.8. The van der Waals surface area contributed by atoms with Gasteiger partial charge in [-0.25, -0.2) is 0 Å².